The summed E-state index contributed by atoms with van der Waals surface area (Å²) in [5.74, 6) is -0.987. The topological polar surface area (TPSA) is 108 Å². The molecule has 2 unspecified atom stereocenters. The molecule has 8 heteroatoms. The summed E-state index contributed by atoms with van der Waals surface area (Å²) in [5.41, 5.74) is 0.279. The first-order valence-corrected chi connectivity index (χ1v) is 12.1. The average Bonchev–Trinajstić information content (AvgIpc) is 2.64. The predicted octanol–water partition coefficient (Wildman–Crippen LogP) is 4.20. The molecule has 1 fully saturated rings. The molecule has 1 aromatic carbocycles. The number of carbonyl (C=O) groups is 3. The van der Waals surface area contributed by atoms with E-state index >= 15 is 0 Å². The number of hydrogen-bond donors (Lipinski definition) is 3. The van der Waals surface area contributed by atoms with Gasteiger partial charge >= 0.3 is 6.09 Å². The maximum atomic E-state index is 14.0. The number of amides is 3. The van der Waals surface area contributed by atoms with Crippen LogP contribution in [0.2, 0.25) is 0 Å². The second kappa shape index (κ2) is 11.1. The van der Waals surface area contributed by atoms with E-state index < -0.39 is 23.8 Å². The van der Waals surface area contributed by atoms with Gasteiger partial charge in [0.1, 0.15) is 23.4 Å². The Balaban J connectivity index is 2.53. The van der Waals surface area contributed by atoms with Gasteiger partial charge in [0.15, 0.2) is 0 Å². The number of alkyl carbamates (subject to hydrolysis) is 1. The van der Waals surface area contributed by atoms with Gasteiger partial charge in [-0.3, -0.25) is 9.59 Å². The standard InChI is InChI=1S/C26H41N3O5/c1-15(2)20(28-25(33)34-26(6,7)8)24(32)29(18-12-10-13-18)21(23(31)27-16(3)4)19-14-9-11-17(5)22(19)30/h9,11,14-16,18,20-21,30H,10,12-13H2,1-8H3,(H,27,31)(H,28,33). The second-order valence-electron chi connectivity index (χ2n) is 10.8. The number of aryl methyl sites for hydroxylation is 1. The Morgan fingerprint density at radius 1 is 1.09 bits per heavy atom. The third-order valence-corrected chi connectivity index (χ3v) is 5.85. The van der Waals surface area contributed by atoms with Crippen LogP contribution in [0.3, 0.4) is 0 Å². The van der Waals surface area contributed by atoms with E-state index in [1.165, 1.54) is 0 Å². The molecule has 3 N–H and O–H groups in total. The molecule has 1 saturated carbocycles. The van der Waals surface area contributed by atoms with Gasteiger partial charge in [-0.05, 0) is 72.3 Å². The summed E-state index contributed by atoms with van der Waals surface area (Å²) in [4.78, 5) is 41.6. The van der Waals surface area contributed by atoms with Crippen LogP contribution in [-0.2, 0) is 14.3 Å². The summed E-state index contributed by atoms with van der Waals surface area (Å²) in [6, 6.07) is 2.96. The van der Waals surface area contributed by atoms with Crippen molar-refractivity contribution in [2.75, 3.05) is 0 Å². The highest BCUT2D eigenvalue weighted by molar-refractivity contribution is 5.93. The molecule has 0 spiro atoms. The minimum absolute atomic E-state index is 0.00951. The highest BCUT2D eigenvalue weighted by Crippen LogP contribution is 2.38. The molecule has 0 bridgehead atoms. The molecule has 190 valence electrons. The summed E-state index contributed by atoms with van der Waals surface area (Å²) >= 11 is 0. The number of aromatic hydroxyl groups is 1. The molecule has 1 aromatic rings. The van der Waals surface area contributed by atoms with Crippen LogP contribution in [-0.4, -0.2) is 51.6 Å². The van der Waals surface area contributed by atoms with Gasteiger partial charge in [0.25, 0.3) is 0 Å². The fourth-order valence-electron chi connectivity index (χ4n) is 3.97. The zero-order valence-corrected chi connectivity index (χ0v) is 21.8. The van der Waals surface area contributed by atoms with E-state index in [1.807, 2.05) is 27.7 Å². The lowest BCUT2D eigenvalue weighted by molar-refractivity contribution is -0.148. The first-order chi connectivity index (χ1) is 15.7. The lowest BCUT2D eigenvalue weighted by Crippen LogP contribution is -2.59. The Morgan fingerprint density at radius 3 is 2.18 bits per heavy atom. The second-order valence-corrected chi connectivity index (χ2v) is 10.8. The summed E-state index contributed by atoms with van der Waals surface area (Å²) < 4.78 is 5.39. The molecule has 0 aliphatic heterocycles. The van der Waals surface area contributed by atoms with Crippen LogP contribution in [0.15, 0.2) is 18.2 Å². The lowest BCUT2D eigenvalue weighted by Gasteiger charge is -2.44. The first kappa shape index (κ1) is 27.5. The van der Waals surface area contributed by atoms with Gasteiger partial charge in [-0.15, -0.1) is 0 Å². The molecule has 0 saturated heterocycles. The summed E-state index contributed by atoms with van der Waals surface area (Å²) in [6.45, 7) is 14.4. The Kier molecular flexibility index (Phi) is 8.97. The largest absolute Gasteiger partial charge is 0.507 e. The number of phenols is 1. The van der Waals surface area contributed by atoms with Gasteiger partial charge in [-0.2, -0.15) is 0 Å². The quantitative estimate of drug-likeness (QED) is 0.522. The van der Waals surface area contributed by atoms with Gasteiger partial charge < -0.3 is 25.4 Å². The molecule has 1 aliphatic rings. The van der Waals surface area contributed by atoms with Crippen molar-refractivity contribution in [2.45, 2.75) is 104 Å². The lowest BCUT2D eigenvalue weighted by atomic mass is 9.86. The van der Waals surface area contributed by atoms with Crippen molar-refractivity contribution < 1.29 is 24.2 Å². The number of nitrogens with zero attached hydrogens (tertiary/aromatic N) is 1. The molecule has 8 nitrogen and oxygen atoms in total. The van der Waals surface area contributed by atoms with E-state index in [1.54, 1.807) is 50.8 Å². The Bertz CT molecular complexity index is 887. The maximum absolute atomic E-state index is 14.0. The van der Waals surface area contributed by atoms with E-state index in [2.05, 4.69) is 10.6 Å². The van der Waals surface area contributed by atoms with E-state index in [9.17, 15) is 19.5 Å². The van der Waals surface area contributed by atoms with Crippen LogP contribution >= 0.6 is 0 Å². The molecular weight excluding hydrogens is 434 g/mol. The first-order valence-electron chi connectivity index (χ1n) is 12.1. The number of ether oxygens (including phenoxy) is 1. The summed E-state index contributed by atoms with van der Waals surface area (Å²) in [6.07, 6.45) is 1.76. The highest BCUT2D eigenvalue weighted by Gasteiger charge is 2.43. The Morgan fingerprint density at radius 2 is 1.71 bits per heavy atom. The van der Waals surface area contributed by atoms with E-state index in [4.69, 9.17) is 4.74 Å². The smallest absolute Gasteiger partial charge is 0.408 e. The van der Waals surface area contributed by atoms with Crippen molar-refractivity contribution in [3.05, 3.63) is 29.3 Å². The average molecular weight is 476 g/mol. The normalized spacial score (nSPS) is 15.9. The number of rotatable bonds is 8. The number of phenolic OH excluding ortho intramolecular Hbond substituents is 1. The van der Waals surface area contributed by atoms with Crippen LogP contribution in [0, 0.1) is 12.8 Å². The molecule has 2 rings (SSSR count). The third-order valence-electron chi connectivity index (χ3n) is 5.85. The summed E-state index contributed by atoms with van der Waals surface area (Å²) in [7, 11) is 0. The van der Waals surface area contributed by atoms with E-state index in [0.717, 1.165) is 19.3 Å². The number of carbonyl (C=O) groups excluding carboxylic acids is 3. The van der Waals surface area contributed by atoms with Gasteiger partial charge in [-0.1, -0.05) is 32.0 Å². The summed E-state index contributed by atoms with van der Waals surface area (Å²) in [5, 5.41) is 16.5. The fraction of sp³-hybridized carbons (Fsp3) is 0.654. The molecule has 0 radical (unpaired) electrons. The van der Waals surface area contributed by atoms with Crippen LogP contribution in [0.25, 0.3) is 0 Å². The van der Waals surface area contributed by atoms with Gasteiger partial charge in [0.2, 0.25) is 11.8 Å². The van der Waals surface area contributed by atoms with Crippen molar-refractivity contribution in [1.29, 1.82) is 0 Å². The molecule has 1 aliphatic carbocycles. The van der Waals surface area contributed by atoms with Crippen molar-refractivity contribution in [1.82, 2.24) is 15.5 Å². The number of hydrogen-bond acceptors (Lipinski definition) is 5. The van der Waals surface area contributed by atoms with E-state index in [0.29, 0.717) is 11.1 Å². The molecule has 34 heavy (non-hydrogen) atoms. The fourth-order valence-corrected chi connectivity index (χ4v) is 3.97. The van der Waals surface area contributed by atoms with Crippen molar-refractivity contribution in [2.24, 2.45) is 5.92 Å². The monoisotopic (exact) mass is 475 g/mol. The Labute approximate surface area is 203 Å². The predicted molar refractivity (Wildman–Crippen MR) is 131 cm³/mol. The molecule has 2 atom stereocenters. The SMILES string of the molecule is Cc1cccc(C(C(=O)NC(C)C)N(C(=O)C(NC(=O)OC(C)(C)C)C(C)C)C2CCC2)c1O. The number of benzene rings is 1. The van der Waals surface area contributed by atoms with Crippen molar-refractivity contribution in [3.63, 3.8) is 0 Å². The minimum atomic E-state index is -1.03. The molecule has 0 aromatic heterocycles. The van der Waals surface area contributed by atoms with Crippen molar-refractivity contribution >= 4 is 17.9 Å². The number of para-hydroxylation sites is 1. The maximum Gasteiger partial charge on any atom is 0.408 e. The van der Waals surface area contributed by atoms with Crippen molar-refractivity contribution in [3.8, 4) is 5.75 Å². The van der Waals surface area contributed by atoms with E-state index in [-0.39, 0.29) is 35.6 Å². The minimum Gasteiger partial charge on any atom is -0.507 e. The van der Waals surface area contributed by atoms with Gasteiger partial charge in [0, 0.05) is 17.6 Å². The van der Waals surface area contributed by atoms with Crippen LogP contribution < -0.4 is 10.6 Å². The third kappa shape index (κ3) is 6.87. The molecular formula is C26H41N3O5. The van der Waals surface area contributed by atoms with Crippen LogP contribution in [0.1, 0.15) is 84.9 Å². The Hall–Kier alpha value is -2.77. The van der Waals surface area contributed by atoms with Crippen LogP contribution in [0.5, 0.6) is 5.75 Å². The zero-order chi connectivity index (χ0) is 25.8. The zero-order valence-electron chi connectivity index (χ0n) is 21.8. The van der Waals surface area contributed by atoms with Gasteiger partial charge in [-0.25, -0.2) is 4.79 Å². The van der Waals surface area contributed by atoms with Gasteiger partial charge in [0.05, 0.1) is 0 Å². The highest BCUT2D eigenvalue weighted by atomic mass is 16.6. The molecule has 0 heterocycles. The number of nitrogens with one attached hydrogen (secondary N) is 2. The molecule has 3 amide bonds. The van der Waals surface area contributed by atoms with Crippen LogP contribution in [0.4, 0.5) is 4.79 Å².